The number of ether oxygens (including phenoxy) is 1. The van der Waals surface area contributed by atoms with Crippen LogP contribution in [0.15, 0.2) is 76.1 Å². The van der Waals surface area contributed by atoms with Gasteiger partial charge in [-0.25, -0.2) is 0 Å². The molecule has 0 radical (unpaired) electrons. The van der Waals surface area contributed by atoms with Crippen molar-refractivity contribution in [1.29, 1.82) is 0 Å². The van der Waals surface area contributed by atoms with Gasteiger partial charge in [-0.05, 0) is 77.9 Å². The lowest BCUT2D eigenvalue weighted by Gasteiger charge is -2.13. The van der Waals surface area contributed by atoms with Crippen molar-refractivity contribution < 1.29 is 19.1 Å². The number of hydrogen-bond acceptors (Lipinski definition) is 5. The smallest absolute Gasteiger partial charge is 0.294 e. The molecule has 1 aliphatic rings. The molecule has 1 fully saturated rings. The third-order valence-corrected chi connectivity index (χ3v) is 7.04. The highest BCUT2D eigenvalue weighted by atomic mass is 79.9. The van der Waals surface area contributed by atoms with E-state index in [9.17, 15) is 14.4 Å². The standard InChI is InChI=1S/C27H22BrClN2O4S/c1-2-17-5-10-22(11-6-17)30-25(32)15-31-26(33)24(36-27(31)34)14-19-13-20(28)7-12-23(19)35-16-18-3-8-21(29)9-4-18/h3-14H,2,15-16H2,1H3,(H,30,32)/b24-14+. The molecule has 0 saturated carbocycles. The maximum Gasteiger partial charge on any atom is 0.294 e. The number of halogens is 2. The van der Waals surface area contributed by atoms with E-state index in [1.54, 1.807) is 42.5 Å². The summed E-state index contributed by atoms with van der Waals surface area (Å²) in [5.74, 6) is -0.421. The van der Waals surface area contributed by atoms with Gasteiger partial charge in [0.2, 0.25) is 5.91 Å². The molecule has 0 aromatic heterocycles. The van der Waals surface area contributed by atoms with Crippen molar-refractivity contribution >= 4 is 68.1 Å². The van der Waals surface area contributed by atoms with Crippen molar-refractivity contribution in [3.63, 3.8) is 0 Å². The summed E-state index contributed by atoms with van der Waals surface area (Å²) >= 11 is 10.2. The molecular formula is C27H22BrClN2O4S. The molecule has 1 N–H and O–H groups in total. The molecule has 36 heavy (non-hydrogen) atoms. The van der Waals surface area contributed by atoms with Gasteiger partial charge in [-0.2, -0.15) is 0 Å². The Morgan fingerprint density at radius 1 is 1.06 bits per heavy atom. The molecule has 0 atom stereocenters. The third-order valence-electron chi connectivity index (χ3n) is 5.39. The second-order valence-corrected chi connectivity index (χ2v) is 10.3. The van der Waals surface area contributed by atoms with Crippen LogP contribution in [0.2, 0.25) is 5.02 Å². The second-order valence-electron chi connectivity index (χ2n) is 7.96. The summed E-state index contributed by atoms with van der Waals surface area (Å²) in [6.45, 7) is 1.99. The van der Waals surface area contributed by atoms with Crippen LogP contribution in [0.3, 0.4) is 0 Å². The first-order chi connectivity index (χ1) is 17.3. The lowest BCUT2D eigenvalue weighted by molar-refractivity contribution is -0.127. The summed E-state index contributed by atoms with van der Waals surface area (Å²) in [5.41, 5.74) is 3.32. The van der Waals surface area contributed by atoms with Gasteiger partial charge < -0.3 is 10.1 Å². The number of imide groups is 1. The topological polar surface area (TPSA) is 75.7 Å². The minimum Gasteiger partial charge on any atom is -0.488 e. The zero-order valence-corrected chi connectivity index (χ0v) is 22.5. The molecule has 0 aliphatic carbocycles. The Kier molecular flexibility index (Phi) is 8.51. The second kappa shape index (κ2) is 11.8. The SMILES string of the molecule is CCc1ccc(NC(=O)CN2C(=O)S/C(=C/c3cc(Br)ccc3OCc3ccc(Cl)cc3)C2=O)cc1. The number of nitrogens with one attached hydrogen (secondary N) is 1. The molecule has 1 aliphatic heterocycles. The van der Waals surface area contributed by atoms with Crippen LogP contribution in [0.4, 0.5) is 10.5 Å². The van der Waals surface area contributed by atoms with Crippen LogP contribution < -0.4 is 10.1 Å². The molecule has 6 nitrogen and oxygen atoms in total. The minimum absolute atomic E-state index is 0.217. The number of thioether (sulfide) groups is 1. The van der Waals surface area contributed by atoms with Crippen molar-refractivity contribution in [2.75, 3.05) is 11.9 Å². The number of carbonyl (C=O) groups is 3. The third kappa shape index (κ3) is 6.57. The fourth-order valence-electron chi connectivity index (χ4n) is 3.45. The maximum absolute atomic E-state index is 13.0. The van der Waals surface area contributed by atoms with Crippen molar-refractivity contribution in [1.82, 2.24) is 4.90 Å². The molecule has 9 heteroatoms. The van der Waals surface area contributed by atoms with Gasteiger partial charge >= 0.3 is 0 Å². The van der Waals surface area contributed by atoms with Gasteiger partial charge in [0.05, 0.1) is 4.91 Å². The van der Waals surface area contributed by atoms with Gasteiger partial charge in [0, 0.05) is 20.7 Å². The van der Waals surface area contributed by atoms with Gasteiger partial charge in [-0.3, -0.25) is 19.3 Å². The number of carbonyl (C=O) groups excluding carboxylic acids is 3. The average Bonchev–Trinajstić information content (AvgIpc) is 3.12. The van der Waals surface area contributed by atoms with Crippen molar-refractivity contribution in [3.8, 4) is 5.75 Å². The average molecular weight is 586 g/mol. The van der Waals surface area contributed by atoms with E-state index in [2.05, 4.69) is 21.2 Å². The number of amides is 3. The molecule has 3 aromatic carbocycles. The Morgan fingerprint density at radius 2 is 1.75 bits per heavy atom. The Labute approximate surface area is 226 Å². The highest BCUT2D eigenvalue weighted by Crippen LogP contribution is 2.35. The monoisotopic (exact) mass is 584 g/mol. The fourth-order valence-corrected chi connectivity index (χ4v) is 4.78. The van der Waals surface area contributed by atoms with Crippen LogP contribution >= 0.6 is 39.3 Å². The molecule has 3 aromatic rings. The molecule has 1 heterocycles. The van der Waals surface area contributed by atoms with E-state index < -0.39 is 17.1 Å². The largest absolute Gasteiger partial charge is 0.488 e. The van der Waals surface area contributed by atoms with Gasteiger partial charge in [0.15, 0.2) is 0 Å². The molecule has 184 valence electrons. The predicted octanol–water partition coefficient (Wildman–Crippen LogP) is 6.92. The molecular weight excluding hydrogens is 564 g/mol. The summed E-state index contributed by atoms with van der Waals surface area (Å²) in [7, 11) is 0. The molecule has 3 amide bonds. The van der Waals surface area contributed by atoms with Gasteiger partial charge in [-0.15, -0.1) is 0 Å². The van der Waals surface area contributed by atoms with E-state index in [0.717, 1.165) is 38.7 Å². The Hall–Kier alpha value is -3.07. The van der Waals surface area contributed by atoms with E-state index in [0.29, 0.717) is 28.6 Å². The summed E-state index contributed by atoms with van der Waals surface area (Å²) < 4.78 is 6.76. The Morgan fingerprint density at radius 3 is 2.44 bits per heavy atom. The summed E-state index contributed by atoms with van der Waals surface area (Å²) in [5, 5.41) is 2.87. The number of nitrogens with zero attached hydrogens (tertiary/aromatic N) is 1. The summed E-state index contributed by atoms with van der Waals surface area (Å²) in [6.07, 6.45) is 2.50. The highest BCUT2D eigenvalue weighted by Gasteiger charge is 2.36. The van der Waals surface area contributed by atoms with Crippen LogP contribution in [0, 0.1) is 0 Å². The first kappa shape index (κ1) is 26.0. The predicted molar refractivity (Wildman–Crippen MR) is 147 cm³/mol. The van der Waals surface area contributed by atoms with E-state index in [-0.39, 0.29) is 11.4 Å². The molecule has 1 saturated heterocycles. The number of anilines is 1. The lowest BCUT2D eigenvalue weighted by Crippen LogP contribution is -2.36. The van der Waals surface area contributed by atoms with E-state index in [1.807, 2.05) is 37.3 Å². The molecule has 0 bridgehead atoms. The number of benzene rings is 3. The number of aryl methyl sites for hydroxylation is 1. The van der Waals surface area contributed by atoms with Crippen LogP contribution in [0.25, 0.3) is 6.08 Å². The van der Waals surface area contributed by atoms with Crippen molar-refractivity contribution in [2.24, 2.45) is 0 Å². The maximum atomic E-state index is 13.0. The Balaban J connectivity index is 1.45. The number of hydrogen-bond donors (Lipinski definition) is 1. The first-order valence-corrected chi connectivity index (χ1v) is 13.1. The van der Waals surface area contributed by atoms with Gasteiger partial charge in [0.1, 0.15) is 18.9 Å². The molecule has 0 spiro atoms. The highest BCUT2D eigenvalue weighted by molar-refractivity contribution is 9.10. The first-order valence-electron chi connectivity index (χ1n) is 11.1. The minimum atomic E-state index is -0.523. The lowest BCUT2D eigenvalue weighted by atomic mass is 10.1. The molecule has 4 rings (SSSR count). The van der Waals surface area contributed by atoms with Crippen LogP contribution in [0.5, 0.6) is 5.75 Å². The van der Waals surface area contributed by atoms with Crippen LogP contribution in [-0.2, 0) is 22.6 Å². The summed E-state index contributed by atoms with van der Waals surface area (Å²) in [4.78, 5) is 39.2. The van der Waals surface area contributed by atoms with Crippen LogP contribution in [-0.4, -0.2) is 28.5 Å². The zero-order chi connectivity index (χ0) is 25.7. The van der Waals surface area contributed by atoms with E-state index in [4.69, 9.17) is 16.3 Å². The van der Waals surface area contributed by atoms with Gasteiger partial charge in [0.25, 0.3) is 11.1 Å². The number of rotatable bonds is 8. The zero-order valence-electron chi connectivity index (χ0n) is 19.3. The quantitative estimate of drug-likeness (QED) is 0.291. The fraction of sp³-hybridized carbons (Fsp3) is 0.148. The van der Waals surface area contributed by atoms with Crippen molar-refractivity contribution in [3.05, 3.63) is 97.8 Å². The van der Waals surface area contributed by atoms with Crippen LogP contribution in [0.1, 0.15) is 23.6 Å². The van der Waals surface area contributed by atoms with Gasteiger partial charge in [-0.1, -0.05) is 58.7 Å². The normalized spacial score (nSPS) is 14.4. The van der Waals surface area contributed by atoms with E-state index >= 15 is 0 Å². The summed E-state index contributed by atoms with van der Waals surface area (Å²) in [6, 6.07) is 20.2. The Bertz CT molecular complexity index is 1330. The van der Waals surface area contributed by atoms with Crippen molar-refractivity contribution in [2.45, 2.75) is 20.0 Å². The molecule has 0 unspecified atom stereocenters. The van der Waals surface area contributed by atoms with E-state index in [1.165, 1.54) is 0 Å².